The van der Waals surface area contributed by atoms with Crippen molar-refractivity contribution >= 4 is 0 Å². The van der Waals surface area contributed by atoms with E-state index in [0.29, 0.717) is 12.0 Å². The molecule has 1 aliphatic carbocycles. The Labute approximate surface area is 171 Å². The highest BCUT2D eigenvalue weighted by Gasteiger charge is 2.23. The van der Waals surface area contributed by atoms with Crippen LogP contribution >= 0.6 is 0 Å². The standard InChI is InChI=1S/C23H29FN4O/c1-4-27-15-19(9-17-12-25-28(14-17)13-16-5-6-16)22(26-27)10-18-7-8-20(24)11-21(18)23(2,3)29/h7-8,11-12,14-16,29H,4-6,9-10,13H2,1-3H3. The molecule has 0 bridgehead atoms. The van der Waals surface area contributed by atoms with Crippen molar-refractivity contribution in [2.75, 3.05) is 0 Å². The van der Waals surface area contributed by atoms with Crippen LogP contribution in [0.25, 0.3) is 0 Å². The lowest BCUT2D eigenvalue weighted by Crippen LogP contribution is -2.19. The molecule has 0 aliphatic heterocycles. The highest BCUT2D eigenvalue weighted by molar-refractivity contribution is 5.37. The van der Waals surface area contributed by atoms with Crippen molar-refractivity contribution in [3.8, 4) is 0 Å². The maximum Gasteiger partial charge on any atom is 0.123 e. The number of hydrogen-bond donors (Lipinski definition) is 1. The van der Waals surface area contributed by atoms with E-state index in [1.54, 1.807) is 19.9 Å². The molecule has 5 nitrogen and oxygen atoms in total. The summed E-state index contributed by atoms with van der Waals surface area (Å²) in [5.41, 5.74) is 3.65. The summed E-state index contributed by atoms with van der Waals surface area (Å²) in [6.45, 7) is 7.23. The zero-order valence-corrected chi connectivity index (χ0v) is 17.4. The minimum atomic E-state index is -1.12. The number of hydrogen-bond acceptors (Lipinski definition) is 3. The van der Waals surface area contributed by atoms with E-state index in [1.165, 1.54) is 30.5 Å². The van der Waals surface area contributed by atoms with E-state index < -0.39 is 5.60 Å². The Kier molecular flexibility index (Phi) is 5.30. The lowest BCUT2D eigenvalue weighted by molar-refractivity contribution is 0.0773. The predicted octanol–water partition coefficient (Wildman–Crippen LogP) is 4.06. The van der Waals surface area contributed by atoms with Gasteiger partial charge in [0.05, 0.1) is 17.5 Å². The van der Waals surface area contributed by atoms with Gasteiger partial charge in [-0.3, -0.25) is 9.36 Å². The van der Waals surface area contributed by atoms with Crippen LogP contribution in [0.4, 0.5) is 4.39 Å². The van der Waals surface area contributed by atoms with E-state index in [4.69, 9.17) is 5.10 Å². The van der Waals surface area contributed by atoms with Crippen LogP contribution in [0.3, 0.4) is 0 Å². The molecule has 1 aromatic carbocycles. The minimum Gasteiger partial charge on any atom is -0.386 e. The number of halogens is 1. The van der Waals surface area contributed by atoms with Gasteiger partial charge in [0.25, 0.3) is 0 Å². The number of aryl methyl sites for hydroxylation is 1. The van der Waals surface area contributed by atoms with Gasteiger partial charge in [0, 0.05) is 38.3 Å². The third-order valence-electron chi connectivity index (χ3n) is 5.56. The van der Waals surface area contributed by atoms with E-state index in [2.05, 4.69) is 24.4 Å². The highest BCUT2D eigenvalue weighted by Crippen LogP contribution is 2.30. The van der Waals surface area contributed by atoms with Crippen molar-refractivity contribution in [1.82, 2.24) is 19.6 Å². The Balaban J connectivity index is 1.60. The molecule has 6 heteroatoms. The Morgan fingerprint density at radius 3 is 2.62 bits per heavy atom. The molecule has 1 aliphatic rings. The molecule has 4 rings (SSSR count). The molecule has 0 saturated heterocycles. The molecule has 1 N–H and O–H groups in total. The summed E-state index contributed by atoms with van der Waals surface area (Å²) in [4.78, 5) is 0. The van der Waals surface area contributed by atoms with E-state index in [-0.39, 0.29) is 5.82 Å². The van der Waals surface area contributed by atoms with Gasteiger partial charge in [0.15, 0.2) is 0 Å². The second-order valence-electron chi connectivity index (χ2n) is 8.68. The van der Waals surface area contributed by atoms with Crippen LogP contribution in [0, 0.1) is 11.7 Å². The number of benzene rings is 1. The van der Waals surface area contributed by atoms with E-state index in [0.717, 1.165) is 42.2 Å². The molecule has 0 radical (unpaired) electrons. The van der Waals surface area contributed by atoms with Gasteiger partial charge in [-0.1, -0.05) is 6.07 Å². The summed E-state index contributed by atoms with van der Waals surface area (Å²) in [5.74, 6) is 0.452. The Bertz CT molecular complexity index is 995. The third kappa shape index (κ3) is 4.75. The summed E-state index contributed by atoms with van der Waals surface area (Å²) >= 11 is 0. The van der Waals surface area contributed by atoms with Gasteiger partial charge < -0.3 is 5.11 Å². The average Bonchev–Trinajstić information content (AvgIpc) is 3.23. The molecule has 1 fully saturated rings. The van der Waals surface area contributed by atoms with Gasteiger partial charge in [-0.25, -0.2) is 4.39 Å². The Morgan fingerprint density at radius 2 is 1.93 bits per heavy atom. The molecule has 0 unspecified atom stereocenters. The van der Waals surface area contributed by atoms with Gasteiger partial charge in [-0.2, -0.15) is 10.2 Å². The number of nitrogens with zero attached hydrogens (tertiary/aromatic N) is 4. The Morgan fingerprint density at radius 1 is 1.14 bits per heavy atom. The van der Waals surface area contributed by atoms with Crippen LogP contribution in [0.2, 0.25) is 0 Å². The smallest absolute Gasteiger partial charge is 0.123 e. The normalized spacial score (nSPS) is 14.5. The number of rotatable bonds is 8. The molecular weight excluding hydrogens is 367 g/mol. The van der Waals surface area contributed by atoms with Crippen LogP contribution in [0.5, 0.6) is 0 Å². The predicted molar refractivity (Wildman–Crippen MR) is 110 cm³/mol. The van der Waals surface area contributed by atoms with Crippen molar-refractivity contribution in [2.24, 2.45) is 5.92 Å². The van der Waals surface area contributed by atoms with Crippen molar-refractivity contribution in [2.45, 2.75) is 65.1 Å². The maximum absolute atomic E-state index is 13.8. The monoisotopic (exact) mass is 396 g/mol. The first kappa shape index (κ1) is 19.8. The molecule has 1 saturated carbocycles. The summed E-state index contributed by atoms with van der Waals surface area (Å²) in [6.07, 6.45) is 10.1. The molecule has 0 amide bonds. The average molecular weight is 397 g/mol. The molecule has 29 heavy (non-hydrogen) atoms. The van der Waals surface area contributed by atoms with E-state index in [9.17, 15) is 9.50 Å². The second kappa shape index (κ2) is 7.75. The summed E-state index contributed by atoms with van der Waals surface area (Å²) in [5, 5.41) is 19.8. The fraction of sp³-hybridized carbons (Fsp3) is 0.478. The van der Waals surface area contributed by atoms with E-state index >= 15 is 0 Å². The van der Waals surface area contributed by atoms with Gasteiger partial charge in [-0.05, 0) is 73.9 Å². The molecule has 0 spiro atoms. The SMILES string of the molecule is CCn1cc(Cc2cnn(CC3CC3)c2)c(Cc2ccc(F)cc2C(C)(C)O)n1. The summed E-state index contributed by atoms with van der Waals surface area (Å²) < 4.78 is 17.8. The number of aliphatic hydroxyl groups is 1. The van der Waals surface area contributed by atoms with Crippen molar-refractivity contribution in [3.05, 3.63) is 70.6 Å². The summed E-state index contributed by atoms with van der Waals surface area (Å²) in [7, 11) is 0. The maximum atomic E-state index is 13.8. The second-order valence-corrected chi connectivity index (χ2v) is 8.68. The lowest BCUT2D eigenvalue weighted by atomic mass is 9.90. The van der Waals surface area contributed by atoms with Gasteiger partial charge in [0.1, 0.15) is 5.82 Å². The first-order valence-corrected chi connectivity index (χ1v) is 10.4. The van der Waals surface area contributed by atoms with Crippen LogP contribution in [0.15, 0.2) is 36.8 Å². The zero-order chi connectivity index (χ0) is 20.6. The molecular formula is C23H29FN4O. The fourth-order valence-corrected chi connectivity index (χ4v) is 3.80. The number of aromatic nitrogens is 4. The highest BCUT2D eigenvalue weighted by atomic mass is 19.1. The van der Waals surface area contributed by atoms with Crippen molar-refractivity contribution in [1.29, 1.82) is 0 Å². The topological polar surface area (TPSA) is 55.9 Å². The van der Waals surface area contributed by atoms with Gasteiger partial charge in [0.2, 0.25) is 0 Å². The fourth-order valence-electron chi connectivity index (χ4n) is 3.80. The molecule has 3 aromatic rings. The third-order valence-corrected chi connectivity index (χ3v) is 5.56. The van der Waals surface area contributed by atoms with Crippen molar-refractivity contribution in [3.63, 3.8) is 0 Å². The van der Waals surface area contributed by atoms with Crippen LogP contribution < -0.4 is 0 Å². The molecule has 2 aromatic heterocycles. The van der Waals surface area contributed by atoms with Gasteiger partial charge >= 0.3 is 0 Å². The zero-order valence-electron chi connectivity index (χ0n) is 17.4. The quantitative estimate of drug-likeness (QED) is 0.625. The molecule has 2 heterocycles. The van der Waals surface area contributed by atoms with Crippen molar-refractivity contribution < 1.29 is 9.50 Å². The molecule has 154 valence electrons. The van der Waals surface area contributed by atoms with Crippen LogP contribution in [-0.2, 0) is 31.5 Å². The molecule has 0 atom stereocenters. The largest absolute Gasteiger partial charge is 0.386 e. The van der Waals surface area contributed by atoms with E-state index in [1.807, 2.05) is 15.6 Å². The first-order chi connectivity index (χ1) is 13.8. The summed E-state index contributed by atoms with van der Waals surface area (Å²) in [6, 6.07) is 4.63. The van der Waals surface area contributed by atoms with Gasteiger partial charge in [-0.15, -0.1) is 0 Å². The van der Waals surface area contributed by atoms with Crippen LogP contribution in [0.1, 0.15) is 61.6 Å². The minimum absolute atomic E-state index is 0.340. The Hall–Kier alpha value is -2.47. The lowest BCUT2D eigenvalue weighted by Gasteiger charge is -2.21. The van der Waals surface area contributed by atoms with Crippen LogP contribution in [-0.4, -0.2) is 24.7 Å². The first-order valence-electron chi connectivity index (χ1n) is 10.4.